The third-order valence-corrected chi connectivity index (χ3v) is 5.76. The molecule has 0 aliphatic rings. The van der Waals surface area contributed by atoms with E-state index in [0.29, 0.717) is 11.0 Å². The van der Waals surface area contributed by atoms with Crippen LogP contribution in [-0.2, 0) is 16.6 Å². The Labute approximate surface area is 150 Å². The highest BCUT2D eigenvalue weighted by Gasteiger charge is 2.15. The van der Waals surface area contributed by atoms with Crippen molar-refractivity contribution in [3.63, 3.8) is 0 Å². The Morgan fingerprint density at radius 1 is 1.04 bits per heavy atom. The van der Waals surface area contributed by atoms with Gasteiger partial charge in [-0.15, -0.1) is 0 Å². The minimum Gasteiger partial charge on any atom is -0.316 e. The molecule has 0 atom stereocenters. The van der Waals surface area contributed by atoms with Crippen LogP contribution in [-0.4, -0.2) is 24.5 Å². The summed E-state index contributed by atoms with van der Waals surface area (Å²) in [5.74, 6) is 0. The Morgan fingerprint density at radius 3 is 2.50 bits per heavy atom. The quantitative estimate of drug-likeness (QED) is 0.658. The summed E-state index contributed by atoms with van der Waals surface area (Å²) in [4.78, 5) is 26.6. The second-order valence-electron chi connectivity index (χ2n) is 6.07. The van der Waals surface area contributed by atoms with E-state index in [0.717, 1.165) is 11.1 Å². The molecule has 0 saturated carbocycles. The van der Waals surface area contributed by atoms with Gasteiger partial charge in [0, 0.05) is 13.1 Å². The van der Waals surface area contributed by atoms with Crippen LogP contribution >= 0.6 is 0 Å². The van der Waals surface area contributed by atoms with Crippen LogP contribution in [0.25, 0.3) is 11.0 Å². The molecular formula is C18H19N3O4S. The summed E-state index contributed by atoms with van der Waals surface area (Å²) in [5, 5.41) is 0. The highest BCUT2D eigenvalue weighted by molar-refractivity contribution is 7.89. The molecule has 2 aromatic carbocycles. The number of para-hydroxylation sites is 2. The number of hydrogen-bond donors (Lipinski definition) is 2. The van der Waals surface area contributed by atoms with Gasteiger partial charge >= 0.3 is 11.1 Å². The van der Waals surface area contributed by atoms with E-state index in [2.05, 4.69) is 9.71 Å². The SMILES string of the molecule is Cc1ccc(S(=O)(=O)NCCn2c(=O)c(=O)[nH]c3ccccc32)cc1C. The Balaban J connectivity index is 1.85. The molecule has 0 unspecified atom stereocenters. The minimum absolute atomic E-state index is 0.0113. The van der Waals surface area contributed by atoms with E-state index in [9.17, 15) is 18.0 Å². The molecule has 8 heteroatoms. The lowest BCUT2D eigenvalue weighted by molar-refractivity contribution is 0.572. The van der Waals surface area contributed by atoms with Crippen molar-refractivity contribution in [3.8, 4) is 0 Å². The Bertz CT molecular complexity index is 1190. The first kappa shape index (κ1) is 18.1. The zero-order valence-corrected chi connectivity index (χ0v) is 15.3. The fourth-order valence-corrected chi connectivity index (χ4v) is 3.81. The van der Waals surface area contributed by atoms with Crippen molar-refractivity contribution in [1.29, 1.82) is 0 Å². The van der Waals surface area contributed by atoms with Gasteiger partial charge in [-0.1, -0.05) is 18.2 Å². The van der Waals surface area contributed by atoms with Crippen LogP contribution < -0.4 is 15.8 Å². The summed E-state index contributed by atoms with van der Waals surface area (Å²) >= 11 is 0. The van der Waals surface area contributed by atoms with Crippen molar-refractivity contribution >= 4 is 21.1 Å². The maximum Gasteiger partial charge on any atom is 0.316 e. The van der Waals surface area contributed by atoms with Gasteiger partial charge in [-0.3, -0.25) is 9.59 Å². The van der Waals surface area contributed by atoms with Crippen molar-refractivity contribution in [3.05, 3.63) is 74.3 Å². The standard InChI is InChI=1S/C18H19N3O4S/c1-12-7-8-14(11-13(12)2)26(24,25)19-9-10-21-16-6-4-3-5-15(16)20-17(22)18(21)23/h3-8,11,19H,9-10H2,1-2H3,(H,20,22). The fraction of sp³-hybridized carbons (Fsp3) is 0.222. The number of nitrogens with zero attached hydrogens (tertiary/aromatic N) is 1. The number of benzene rings is 2. The molecule has 1 aromatic heterocycles. The first-order chi connectivity index (χ1) is 12.3. The second-order valence-corrected chi connectivity index (χ2v) is 7.84. The van der Waals surface area contributed by atoms with Gasteiger partial charge in [0.1, 0.15) is 0 Å². The van der Waals surface area contributed by atoms with Crippen molar-refractivity contribution < 1.29 is 8.42 Å². The molecule has 3 aromatic rings. The van der Waals surface area contributed by atoms with Crippen LogP contribution in [0.4, 0.5) is 0 Å². The molecule has 1 heterocycles. The van der Waals surface area contributed by atoms with E-state index in [4.69, 9.17) is 0 Å². The van der Waals surface area contributed by atoms with Gasteiger partial charge in [-0.05, 0) is 49.2 Å². The maximum atomic E-state index is 12.4. The second kappa shape index (κ2) is 6.89. The van der Waals surface area contributed by atoms with Crippen LogP contribution in [0.15, 0.2) is 56.9 Å². The van der Waals surface area contributed by atoms with Crippen LogP contribution in [0.5, 0.6) is 0 Å². The average Bonchev–Trinajstić information content (AvgIpc) is 2.60. The van der Waals surface area contributed by atoms with E-state index in [1.54, 1.807) is 42.5 Å². The number of nitrogens with one attached hydrogen (secondary N) is 2. The molecular weight excluding hydrogens is 354 g/mol. The van der Waals surface area contributed by atoms with Gasteiger partial charge in [0.2, 0.25) is 10.0 Å². The van der Waals surface area contributed by atoms with E-state index in [1.807, 2.05) is 13.8 Å². The number of hydrogen-bond acceptors (Lipinski definition) is 4. The van der Waals surface area contributed by atoms with Crippen molar-refractivity contribution in [2.45, 2.75) is 25.3 Å². The molecule has 7 nitrogen and oxygen atoms in total. The smallest absolute Gasteiger partial charge is 0.316 e. The Kier molecular flexibility index (Phi) is 4.80. The summed E-state index contributed by atoms with van der Waals surface area (Å²) in [7, 11) is -3.70. The average molecular weight is 373 g/mol. The zero-order chi connectivity index (χ0) is 18.9. The van der Waals surface area contributed by atoms with Gasteiger partial charge in [-0.2, -0.15) is 0 Å². The monoisotopic (exact) mass is 373 g/mol. The van der Waals surface area contributed by atoms with Crippen LogP contribution in [0, 0.1) is 13.8 Å². The van der Waals surface area contributed by atoms with Crippen LogP contribution in [0.2, 0.25) is 0 Å². The van der Waals surface area contributed by atoms with Gasteiger partial charge in [0.15, 0.2) is 0 Å². The van der Waals surface area contributed by atoms with Gasteiger partial charge in [-0.25, -0.2) is 13.1 Å². The normalized spacial score (nSPS) is 11.8. The molecule has 0 spiro atoms. The van der Waals surface area contributed by atoms with Crippen LogP contribution in [0.1, 0.15) is 11.1 Å². The Morgan fingerprint density at radius 2 is 1.77 bits per heavy atom. The van der Waals surface area contributed by atoms with Gasteiger partial charge in [0.05, 0.1) is 15.9 Å². The number of rotatable bonds is 5. The fourth-order valence-electron chi connectivity index (χ4n) is 2.70. The topological polar surface area (TPSA) is 101 Å². The number of aromatic amines is 1. The molecule has 136 valence electrons. The Hall–Kier alpha value is -2.71. The molecule has 0 aliphatic carbocycles. The minimum atomic E-state index is -3.70. The lowest BCUT2D eigenvalue weighted by Gasteiger charge is -2.11. The van der Waals surface area contributed by atoms with Gasteiger partial charge in [0.25, 0.3) is 0 Å². The molecule has 26 heavy (non-hydrogen) atoms. The highest BCUT2D eigenvalue weighted by atomic mass is 32.2. The lowest BCUT2D eigenvalue weighted by Crippen LogP contribution is -2.39. The molecule has 2 N–H and O–H groups in total. The first-order valence-electron chi connectivity index (χ1n) is 8.08. The summed E-state index contributed by atoms with van der Waals surface area (Å²) in [6, 6.07) is 11.8. The van der Waals surface area contributed by atoms with Crippen molar-refractivity contribution in [2.24, 2.45) is 0 Å². The van der Waals surface area contributed by atoms with E-state index in [-0.39, 0.29) is 18.0 Å². The predicted octanol–water partition coefficient (Wildman–Crippen LogP) is 1.29. The molecule has 3 rings (SSSR count). The lowest BCUT2D eigenvalue weighted by atomic mass is 10.1. The third-order valence-electron chi connectivity index (χ3n) is 4.30. The maximum absolute atomic E-state index is 12.4. The van der Waals surface area contributed by atoms with Crippen molar-refractivity contribution in [2.75, 3.05) is 6.54 Å². The van der Waals surface area contributed by atoms with E-state index in [1.165, 1.54) is 4.57 Å². The zero-order valence-electron chi connectivity index (χ0n) is 14.4. The summed E-state index contributed by atoms with van der Waals surface area (Å²) < 4.78 is 28.6. The highest BCUT2D eigenvalue weighted by Crippen LogP contribution is 2.14. The summed E-state index contributed by atoms with van der Waals surface area (Å²) in [5.41, 5.74) is 1.50. The molecule has 0 radical (unpaired) electrons. The largest absolute Gasteiger partial charge is 0.316 e. The molecule has 0 aliphatic heterocycles. The predicted molar refractivity (Wildman–Crippen MR) is 99.9 cm³/mol. The summed E-state index contributed by atoms with van der Waals surface area (Å²) in [6.07, 6.45) is 0. The number of aryl methyl sites for hydroxylation is 2. The number of aromatic nitrogens is 2. The third kappa shape index (κ3) is 3.47. The van der Waals surface area contributed by atoms with E-state index >= 15 is 0 Å². The molecule has 0 fully saturated rings. The summed E-state index contributed by atoms with van der Waals surface area (Å²) in [6.45, 7) is 3.79. The molecule has 0 amide bonds. The van der Waals surface area contributed by atoms with E-state index < -0.39 is 21.1 Å². The van der Waals surface area contributed by atoms with Crippen molar-refractivity contribution in [1.82, 2.24) is 14.3 Å². The number of H-pyrrole nitrogens is 1. The van der Waals surface area contributed by atoms with Gasteiger partial charge < -0.3 is 9.55 Å². The first-order valence-corrected chi connectivity index (χ1v) is 9.57. The number of fused-ring (bicyclic) bond motifs is 1. The molecule has 0 saturated heterocycles. The number of sulfonamides is 1. The van der Waals surface area contributed by atoms with Crippen LogP contribution in [0.3, 0.4) is 0 Å². The molecule has 0 bridgehead atoms.